The molecule has 1 saturated carbocycles. The summed E-state index contributed by atoms with van der Waals surface area (Å²) in [5.74, 6) is 0.904. The van der Waals surface area contributed by atoms with E-state index in [1.807, 2.05) is 58.8 Å². The van der Waals surface area contributed by atoms with E-state index in [0.29, 0.717) is 6.04 Å². The minimum atomic E-state index is 0.0586. The molecule has 5 rings (SSSR count). The third-order valence-electron chi connectivity index (χ3n) is 4.97. The lowest BCUT2D eigenvalue weighted by molar-refractivity contribution is -0.116. The molecule has 0 atom stereocenters. The van der Waals surface area contributed by atoms with Crippen molar-refractivity contribution in [1.29, 1.82) is 0 Å². The standard InChI is InChI=1S/C23H20N4OS/c1-16(28)26(19-12-13-19)23-24-17(15-29-23)11-14-22-25-20-9-5-6-10-21(20)27(22)18-7-3-2-4-8-18/h2-11,14-15,19H,12-13H2,1H3/b14-11+. The van der Waals surface area contributed by atoms with Crippen molar-refractivity contribution in [2.24, 2.45) is 0 Å². The van der Waals surface area contributed by atoms with Gasteiger partial charge in [0.15, 0.2) is 5.13 Å². The summed E-state index contributed by atoms with van der Waals surface area (Å²) in [6, 6.07) is 18.7. The predicted molar refractivity (Wildman–Crippen MR) is 118 cm³/mol. The van der Waals surface area contributed by atoms with E-state index in [9.17, 15) is 4.79 Å². The van der Waals surface area contributed by atoms with Crippen molar-refractivity contribution in [2.75, 3.05) is 4.90 Å². The first-order valence-corrected chi connectivity index (χ1v) is 10.5. The minimum Gasteiger partial charge on any atom is -0.293 e. The summed E-state index contributed by atoms with van der Waals surface area (Å²) in [5, 5.41) is 2.76. The number of hydrogen-bond acceptors (Lipinski definition) is 4. The summed E-state index contributed by atoms with van der Waals surface area (Å²) in [6.45, 7) is 1.61. The molecule has 4 aromatic rings. The van der Waals surface area contributed by atoms with Gasteiger partial charge in [0.05, 0.1) is 16.7 Å². The minimum absolute atomic E-state index is 0.0586. The van der Waals surface area contributed by atoms with Crippen LogP contribution in [0.5, 0.6) is 0 Å². The molecule has 2 aromatic heterocycles. The van der Waals surface area contributed by atoms with Crippen LogP contribution in [0, 0.1) is 0 Å². The van der Waals surface area contributed by atoms with Crippen LogP contribution in [-0.2, 0) is 4.79 Å². The van der Waals surface area contributed by atoms with E-state index >= 15 is 0 Å². The predicted octanol–water partition coefficient (Wildman–Crippen LogP) is 5.17. The van der Waals surface area contributed by atoms with Gasteiger partial charge in [-0.1, -0.05) is 30.3 Å². The Hall–Kier alpha value is -3.25. The SMILES string of the molecule is CC(=O)N(c1nc(/C=C/c2nc3ccccc3n2-c2ccccc2)cs1)C1CC1. The number of benzene rings is 2. The normalized spacial score (nSPS) is 14.0. The van der Waals surface area contributed by atoms with Crippen molar-refractivity contribution < 1.29 is 4.79 Å². The van der Waals surface area contributed by atoms with Gasteiger partial charge in [0.2, 0.25) is 5.91 Å². The molecular weight excluding hydrogens is 380 g/mol. The monoisotopic (exact) mass is 400 g/mol. The Morgan fingerprint density at radius 2 is 1.83 bits per heavy atom. The van der Waals surface area contributed by atoms with Crippen molar-refractivity contribution in [3.63, 3.8) is 0 Å². The average molecular weight is 401 g/mol. The highest BCUT2D eigenvalue weighted by Gasteiger charge is 2.33. The molecule has 0 N–H and O–H groups in total. The molecule has 1 fully saturated rings. The van der Waals surface area contributed by atoms with Crippen molar-refractivity contribution >= 4 is 45.6 Å². The fourth-order valence-corrected chi connectivity index (χ4v) is 4.42. The average Bonchev–Trinajstić information content (AvgIpc) is 3.32. The van der Waals surface area contributed by atoms with E-state index in [0.717, 1.165) is 46.2 Å². The Kier molecular flexibility index (Phi) is 4.48. The molecule has 1 aliphatic rings. The molecule has 144 valence electrons. The van der Waals surface area contributed by atoms with Gasteiger partial charge in [-0.2, -0.15) is 0 Å². The van der Waals surface area contributed by atoms with Crippen LogP contribution < -0.4 is 4.90 Å². The maximum atomic E-state index is 12.0. The van der Waals surface area contributed by atoms with Gasteiger partial charge < -0.3 is 0 Å². The second kappa shape index (κ2) is 7.29. The van der Waals surface area contributed by atoms with Crippen molar-refractivity contribution in [3.8, 4) is 5.69 Å². The van der Waals surface area contributed by atoms with E-state index < -0.39 is 0 Å². The van der Waals surface area contributed by atoms with E-state index in [2.05, 4.69) is 27.8 Å². The van der Waals surface area contributed by atoms with E-state index in [-0.39, 0.29) is 5.91 Å². The number of para-hydroxylation sites is 3. The summed E-state index contributed by atoms with van der Waals surface area (Å²) >= 11 is 1.51. The zero-order chi connectivity index (χ0) is 19.8. The Labute approximate surface area is 173 Å². The maximum Gasteiger partial charge on any atom is 0.225 e. The van der Waals surface area contributed by atoms with Crippen LogP contribution >= 0.6 is 11.3 Å². The molecule has 0 aliphatic heterocycles. The number of thiazole rings is 1. The number of anilines is 1. The van der Waals surface area contributed by atoms with Gasteiger partial charge in [-0.25, -0.2) is 9.97 Å². The maximum absolute atomic E-state index is 12.0. The quantitative estimate of drug-likeness (QED) is 0.464. The number of imidazole rings is 1. The van der Waals surface area contributed by atoms with Gasteiger partial charge in [0.25, 0.3) is 0 Å². The van der Waals surface area contributed by atoms with E-state index in [1.165, 1.54) is 11.3 Å². The molecule has 0 radical (unpaired) electrons. The fraction of sp³-hybridized carbons (Fsp3) is 0.174. The summed E-state index contributed by atoms with van der Waals surface area (Å²) in [7, 11) is 0. The van der Waals surface area contributed by atoms with E-state index in [4.69, 9.17) is 4.98 Å². The highest BCUT2D eigenvalue weighted by molar-refractivity contribution is 7.14. The number of aromatic nitrogens is 3. The topological polar surface area (TPSA) is 51.0 Å². The molecule has 1 amide bonds. The zero-order valence-corrected chi connectivity index (χ0v) is 16.8. The van der Waals surface area contributed by atoms with E-state index in [1.54, 1.807) is 6.92 Å². The lowest BCUT2D eigenvalue weighted by Gasteiger charge is -2.16. The first kappa shape index (κ1) is 17.8. The number of carbonyl (C=O) groups is 1. The molecular formula is C23H20N4OS. The molecule has 0 spiro atoms. The number of nitrogens with zero attached hydrogens (tertiary/aromatic N) is 4. The highest BCUT2D eigenvalue weighted by Crippen LogP contribution is 2.34. The largest absolute Gasteiger partial charge is 0.293 e. The lowest BCUT2D eigenvalue weighted by atomic mass is 10.2. The molecule has 1 aliphatic carbocycles. The molecule has 29 heavy (non-hydrogen) atoms. The van der Waals surface area contributed by atoms with Gasteiger partial charge in [0.1, 0.15) is 5.82 Å². The summed E-state index contributed by atoms with van der Waals surface area (Å²) in [5.41, 5.74) is 3.92. The van der Waals surface area contributed by atoms with Crippen LogP contribution in [-0.4, -0.2) is 26.5 Å². The molecule has 6 heteroatoms. The lowest BCUT2D eigenvalue weighted by Crippen LogP contribution is -2.30. The van der Waals surface area contributed by atoms with Crippen molar-refractivity contribution in [2.45, 2.75) is 25.8 Å². The third-order valence-corrected chi connectivity index (χ3v) is 5.83. The fourth-order valence-electron chi connectivity index (χ4n) is 3.51. The Morgan fingerprint density at radius 3 is 2.59 bits per heavy atom. The number of hydrogen-bond donors (Lipinski definition) is 0. The van der Waals surface area contributed by atoms with Crippen molar-refractivity contribution in [3.05, 3.63) is 71.5 Å². The first-order valence-electron chi connectivity index (χ1n) is 9.67. The Bertz CT molecular complexity index is 1200. The van der Waals surface area contributed by atoms with Crippen LogP contribution in [0.15, 0.2) is 60.0 Å². The molecule has 0 unspecified atom stereocenters. The number of rotatable bonds is 5. The highest BCUT2D eigenvalue weighted by atomic mass is 32.1. The number of amides is 1. The molecule has 2 aromatic carbocycles. The third kappa shape index (κ3) is 3.47. The summed E-state index contributed by atoms with van der Waals surface area (Å²) in [6.07, 6.45) is 6.07. The molecule has 5 nitrogen and oxygen atoms in total. The number of carbonyl (C=O) groups excluding carboxylic acids is 1. The second-order valence-electron chi connectivity index (χ2n) is 7.14. The Morgan fingerprint density at radius 1 is 1.07 bits per heavy atom. The van der Waals surface area contributed by atoms with Crippen LogP contribution in [0.2, 0.25) is 0 Å². The zero-order valence-electron chi connectivity index (χ0n) is 16.0. The smallest absolute Gasteiger partial charge is 0.225 e. The Balaban J connectivity index is 1.51. The number of fused-ring (bicyclic) bond motifs is 1. The first-order chi connectivity index (χ1) is 14.2. The van der Waals surface area contributed by atoms with Gasteiger partial charge >= 0.3 is 0 Å². The van der Waals surface area contributed by atoms with Crippen LogP contribution in [0.1, 0.15) is 31.3 Å². The second-order valence-corrected chi connectivity index (χ2v) is 7.97. The summed E-state index contributed by atoms with van der Waals surface area (Å²) < 4.78 is 2.14. The van der Waals surface area contributed by atoms with Gasteiger partial charge in [0, 0.05) is 24.0 Å². The van der Waals surface area contributed by atoms with Crippen LogP contribution in [0.25, 0.3) is 28.9 Å². The van der Waals surface area contributed by atoms with Crippen LogP contribution in [0.3, 0.4) is 0 Å². The van der Waals surface area contributed by atoms with Gasteiger partial charge in [-0.15, -0.1) is 11.3 Å². The van der Waals surface area contributed by atoms with Gasteiger partial charge in [-0.3, -0.25) is 14.3 Å². The van der Waals surface area contributed by atoms with Crippen LogP contribution in [0.4, 0.5) is 5.13 Å². The van der Waals surface area contributed by atoms with Gasteiger partial charge in [-0.05, 0) is 49.3 Å². The summed E-state index contributed by atoms with van der Waals surface area (Å²) in [4.78, 5) is 23.3. The molecule has 0 bridgehead atoms. The molecule has 2 heterocycles. The molecule has 0 saturated heterocycles. The van der Waals surface area contributed by atoms with Crippen molar-refractivity contribution in [1.82, 2.24) is 14.5 Å².